The summed E-state index contributed by atoms with van der Waals surface area (Å²) in [5.41, 5.74) is 0. The minimum atomic E-state index is 0.767. The molecule has 1 atom stereocenters. The highest BCUT2D eigenvalue weighted by molar-refractivity contribution is 5.20. The van der Waals surface area contributed by atoms with E-state index >= 15 is 0 Å². The molecule has 1 aliphatic rings. The van der Waals surface area contributed by atoms with Crippen LogP contribution in [0.4, 0.5) is 0 Å². The number of rotatable bonds is 2. The number of hydrogen-bond acceptors (Lipinski definition) is 2. The summed E-state index contributed by atoms with van der Waals surface area (Å²) in [5, 5.41) is 2.04. The molecule has 2 heteroatoms. The maximum atomic E-state index is 5.68. The van der Waals surface area contributed by atoms with Gasteiger partial charge in [0.1, 0.15) is 5.75 Å². The maximum absolute atomic E-state index is 5.68. The topological polar surface area (TPSA) is 12.5 Å². The first-order chi connectivity index (χ1) is 6.34. The van der Waals surface area contributed by atoms with Crippen molar-refractivity contribution in [3.05, 3.63) is 30.3 Å². The number of nitrogens with zero attached hydrogens (tertiary/aromatic N) is 1. The third-order valence-electron chi connectivity index (χ3n) is 2.36. The molecule has 1 saturated heterocycles. The molecule has 0 spiro atoms. The van der Waals surface area contributed by atoms with Crippen LogP contribution in [-0.4, -0.2) is 18.2 Å². The van der Waals surface area contributed by atoms with Gasteiger partial charge in [0, 0.05) is 13.1 Å². The van der Waals surface area contributed by atoms with Gasteiger partial charge in [0.15, 0.2) is 0 Å². The third-order valence-corrected chi connectivity index (χ3v) is 2.36. The third kappa shape index (κ3) is 2.22. The Bertz CT molecular complexity index is 260. The van der Waals surface area contributed by atoms with Crippen LogP contribution in [0.15, 0.2) is 30.3 Å². The molecular weight excluding hydrogens is 162 g/mol. The van der Waals surface area contributed by atoms with Crippen LogP contribution in [0.1, 0.15) is 13.3 Å². The highest BCUT2D eigenvalue weighted by atomic mass is 16.7. The highest BCUT2D eigenvalue weighted by Gasteiger charge is 2.19. The fraction of sp³-hybridized carbons (Fsp3) is 0.455. The van der Waals surface area contributed by atoms with Crippen LogP contribution in [0.5, 0.6) is 5.75 Å². The Morgan fingerprint density at radius 2 is 2.08 bits per heavy atom. The average molecular weight is 177 g/mol. The van der Waals surface area contributed by atoms with E-state index in [-0.39, 0.29) is 0 Å². The van der Waals surface area contributed by atoms with Gasteiger partial charge in [-0.1, -0.05) is 25.1 Å². The Labute approximate surface area is 79.1 Å². The van der Waals surface area contributed by atoms with Crippen molar-refractivity contribution in [3.63, 3.8) is 0 Å². The first-order valence-electron chi connectivity index (χ1n) is 4.82. The van der Waals surface area contributed by atoms with Crippen molar-refractivity contribution in [3.8, 4) is 5.75 Å². The molecule has 0 aliphatic carbocycles. The average Bonchev–Trinajstić information content (AvgIpc) is 2.53. The van der Waals surface area contributed by atoms with Gasteiger partial charge in [-0.15, -0.1) is 5.06 Å². The predicted octanol–water partition coefficient (Wildman–Crippen LogP) is 2.32. The quantitative estimate of drug-likeness (QED) is 0.687. The summed E-state index contributed by atoms with van der Waals surface area (Å²) in [7, 11) is 0. The highest BCUT2D eigenvalue weighted by Crippen LogP contribution is 2.18. The lowest BCUT2D eigenvalue weighted by molar-refractivity contribution is -0.0377. The summed E-state index contributed by atoms with van der Waals surface area (Å²) < 4.78 is 0. The normalized spacial score (nSPS) is 23.3. The lowest BCUT2D eigenvalue weighted by atomic mass is 10.2. The molecule has 70 valence electrons. The molecule has 2 nitrogen and oxygen atoms in total. The molecule has 0 N–H and O–H groups in total. The van der Waals surface area contributed by atoms with Crippen molar-refractivity contribution in [2.24, 2.45) is 5.92 Å². The van der Waals surface area contributed by atoms with Gasteiger partial charge in [-0.2, -0.15) is 0 Å². The number of hydrogen-bond donors (Lipinski definition) is 0. The van der Waals surface area contributed by atoms with Crippen LogP contribution < -0.4 is 4.84 Å². The Morgan fingerprint density at radius 3 is 2.69 bits per heavy atom. The molecular formula is C11H15NO. The predicted molar refractivity (Wildman–Crippen MR) is 52.4 cm³/mol. The van der Waals surface area contributed by atoms with Crippen molar-refractivity contribution in [2.45, 2.75) is 13.3 Å². The molecule has 13 heavy (non-hydrogen) atoms. The molecule has 1 unspecified atom stereocenters. The Morgan fingerprint density at radius 1 is 1.31 bits per heavy atom. The second-order valence-electron chi connectivity index (χ2n) is 3.69. The van der Waals surface area contributed by atoms with Gasteiger partial charge in [0.25, 0.3) is 0 Å². The summed E-state index contributed by atoms with van der Waals surface area (Å²) in [6.07, 6.45) is 1.24. The van der Waals surface area contributed by atoms with Crippen LogP contribution in [0, 0.1) is 5.92 Å². The standard InChI is InChI=1S/C11H15NO/c1-10-7-8-12(9-10)13-11-5-3-2-4-6-11/h2-6,10H,7-9H2,1H3. The Kier molecular flexibility index (Phi) is 2.50. The second kappa shape index (κ2) is 3.79. The van der Waals surface area contributed by atoms with Gasteiger partial charge in [0.05, 0.1) is 0 Å². The molecule has 1 aliphatic heterocycles. The van der Waals surface area contributed by atoms with Crippen LogP contribution in [-0.2, 0) is 0 Å². The van der Waals surface area contributed by atoms with Gasteiger partial charge in [-0.3, -0.25) is 0 Å². The summed E-state index contributed by atoms with van der Waals surface area (Å²) >= 11 is 0. The molecule has 1 aromatic rings. The second-order valence-corrected chi connectivity index (χ2v) is 3.69. The zero-order chi connectivity index (χ0) is 9.10. The Balaban J connectivity index is 1.92. The van der Waals surface area contributed by atoms with Crippen LogP contribution in [0.25, 0.3) is 0 Å². The zero-order valence-corrected chi connectivity index (χ0v) is 7.94. The number of para-hydroxylation sites is 1. The SMILES string of the molecule is CC1CCN(Oc2ccccc2)C1. The van der Waals surface area contributed by atoms with Gasteiger partial charge in [-0.05, 0) is 24.5 Å². The summed E-state index contributed by atoms with van der Waals surface area (Å²) in [6.45, 7) is 4.36. The first-order valence-corrected chi connectivity index (χ1v) is 4.82. The van der Waals surface area contributed by atoms with Crippen LogP contribution in [0.3, 0.4) is 0 Å². The molecule has 2 rings (SSSR count). The van der Waals surface area contributed by atoms with Gasteiger partial charge >= 0.3 is 0 Å². The fourth-order valence-corrected chi connectivity index (χ4v) is 1.61. The van der Waals surface area contributed by atoms with Gasteiger partial charge in [0.2, 0.25) is 0 Å². The van der Waals surface area contributed by atoms with Gasteiger partial charge < -0.3 is 4.84 Å². The molecule has 0 radical (unpaired) electrons. The van der Waals surface area contributed by atoms with E-state index in [1.807, 2.05) is 35.4 Å². The van der Waals surface area contributed by atoms with E-state index in [2.05, 4.69) is 6.92 Å². The van der Waals surface area contributed by atoms with E-state index in [0.717, 1.165) is 24.8 Å². The summed E-state index contributed by atoms with van der Waals surface area (Å²) in [4.78, 5) is 5.68. The molecule has 1 heterocycles. The van der Waals surface area contributed by atoms with Crippen molar-refractivity contribution < 1.29 is 4.84 Å². The van der Waals surface area contributed by atoms with E-state index < -0.39 is 0 Å². The van der Waals surface area contributed by atoms with E-state index in [9.17, 15) is 0 Å². The van der Waals surface area contributed by atoms with E-state index in [0.29, 0.717) is 0 Å². The molecule has 0 saturated carbocycles. The smallest absolute Gasteiger partial charge is 0.147 e. The summed E-state index contributed by atoms with van der Waals surface area (Å²) in [5.74, 6) is 1.71. The lowest BCUT2D eigenvalue weighted by Crippen LogP contribution is -2.24. The van der Waals surface area contributed by atoms with Crippen molar-refractivity contribution in [1.29, 1.82) is 0 Å². The van der Waals surface area contributed by atoms with Gasteiger partial charge in [-0.25, -0.2) is 0 Å². The van der Waals surface area contributed by atoms with E-state index in [4.69, 9.17) is 4.84 Å². The summed E-state index contributed by atoms with van der Waals surface area (Å²) in [6, 6.07) is 9.97. The molecule has 0 amide bonds. The van der Waals surface area contributed by atoms with Crippen molar-refractivity contribution in [2.75, 3.05) is 13.1 Å². The van der Waals surface area contributed by atoms with Crippen molar-refractivity contribution in [1.82, 2.24) is 5.06 Å². The number of hydroxylamine groups is 2. The lowest BCUT2D eigenvalue weighted by Gasteiger charge is -2.15. The van der Waals surface area contributed by atoms with Crippen LogP contribution in [0.2, 0.25) is 0 Å². The maximum Gasteiger partial charge on any atom is 0.147 e. The fourth-order valence-electron chi connectivity index (χ4n) is 1.61. The minimum Gasteiger partial charge on any atom is -0.406 e. The molecule has 1 aromatic carbocycles. The first kappa shape index (κ1) is 8.57. The molecule has 0 bridgehead atoms. The monoisotopic (exact) mass is 177 g/mol. The molecule has 0 aromatic heterocycles. The zero-order valence-electron chi connectivity index (χ0n) is 7.94. The largest absolute Gasteiger partial charge is 0.406 e. The Hall–Kier alpha value is -1.02. The van der Waals surface area contributed by atoms with E-state index in [1.54, 1.807) is 0 Å². The van der Waals surface area contributed by atoms with Crippen molar-refractivity contribution >= 4 is 0 Å². The van der Waals surface area contributed by atoms with Crippen LogP contribution >= 0.6 is 0 Å². The molecule has 1 fully saturated rings. The number of benzene rings is 1. The minimum absolute atomic E-state index is 0.767. The van der Waals surface area contributed by atoms with E-state index in [1.165, 1.54) is 6.42 Å².